The van der Waals surface area contributed by atoms with Crippen molar-refractivity contribution in [3.63, 3.8) is 0 Å². The Hall–Kier alpha value is -1.74. The van der Waals surface area contributed by atoms with E-state index in [1.54, 1.807) is 18.2 Å². The van der Waals surface area contributed by atoms with E-state index >= 15 is 0 Å². The largest absolute Gasteiger partial charge is 0.508 e. The number of phenols is 1. The summed E-state index contributed by atoms with van der Waals surface area (Å²) in [6.07, 6.45) is 0. The second kappa shape index (κ2) is 4.41. The molecular formula is C12H8ClFO2. The van der Waals surface area contributed by atoms with Gasteiger partial charge in [0.1, 0.15) is 11.5 Å². The van der Waals surface area contributed by atoms with Crippen molar-refractivity contribution in [1.82, 2.24) is 0 Å². The van der Waals surface area contributed by atoms with Crippen LogP contribution in [0, 0.1) is 5.82 Å². The molecule has 0 spiro atoms. The number of halogens is 2. The zero-order valence-corrected chi connectivity index (χ0v) is 8.91. The molecule has 0 atom stereocenters. The van der Waals surface area contributed by atoms with Crippen LogP contribution in [0.15, 0.2) is 42.5 Å². The van der Waals surface area contributed by atoms with Gasteiger partial charge >= 0.3 is 0 Å². The Morgan fingerprint density at radius 2 is 1.75 bits per heavy atom. The molecule has 0 bridgehead atoms. The van der Waals surface area contributed by atoms with E-state index in [1.165, 1.54) is 24.3 Å². The minimum atomic E-state index is -0.527. The molecule has 0 unspecified atom stereocenters. The van der Waals surface area contributed by atoms with Crippen LogP contribution in [0.2, 0.25) is 5.02 Å². The van der Waals surface area contributed by atoms with Gasteiger partial charge in [0, 0.05) is 5.02 Å². The van der Waals surface area contributed by atoms with E-state index in [-0.39, 0.29) is 11.5 Å². The summed E-state index contributed by atoms with van der Waals surface area (Å²) in [7, 11) is 0. The van der Waals surface area contributed by atoms with E-state index in [0.29, 0.717) is 10.8 Å². The maximum atomic E-state index is 13.4. The van der Waals surface area contributed by atoms with Gasteiger partial charge in [0.2, 0.25) is 0 Å². The molecule has 4 heteroatoms. The van der Waals surface area contributed by atoms with E-state index < -0.39 is 5.82 Å². The Bertz CT molecular complexity index is 497. The average molecular weight is 239 g/mol. The van der Waals surface area contributed by atoms with Crippen molar-refractivity contribution >= 4 is 11.6 Å². The summed E-state index contributed by atoms with van der Waals surface area (Å²) in [6.45, 7) is 0. The van der Waals surface area contributed by atoms with Gasteiger partial charge in [0.25, 0.3) is 0 Å². The zero-order valence-electron chi connectivity index (χ0n) is 8.15. The van der Waals surface area contributed by atoms with Crippen molar-refractivity contribution in [3.05, 3.63) is 53.3 Å². The Kier molecular flexibility index (Phi) is 2.97. The molecule has 0 saturated heterocycles. The molecule has 0 heterocycles. The van der Waals surface area contributed by atoms with Gasteiger partial charge in [-0.15, -0.1) is 0 Å². The van der Waals surface area contributed by atoms with Crippen LogP contribution in [0.3, 0.4) is 0 Å². The topological polar surface area (TPSA) is 29.5 Å². The number of ether oxygens (including phenoxy) is 1. The maximum absolute atomic E-state index is 13.4. The van der Waals surface area contributed by atoms with Crippen molar-refractivity contribution in [3.8, 4) is 17.2 Å². The third-order valence-corrected chi connectivity index (χ3v) is 2.19. The highest BCUT2D eigenvalue weighted by molar-refractivity contribution is 6.30. The van der Waals surface area contributed by atoms with Gasteiger partial charge in [-0.1, -0.05) is 11.6 Å². The number of aromatic hydroxyl groups is 1. The van der Waals surface area contributed by atoms with Crippen LogP contribution >= 0.6 is 11.6 Å². The normalized spacial score (nSPS) is 10.1. The number of rotatable bonds is 2. The van der Waals surface area contributed by atoms with Gasteiger partial charge in [-0.2, -0.15) is 0 Å². The first-order valence-corrected chi connectivity index (χ1v) is 4.95. The minimum absolute atomic E-state index is 0.0927. The first kappa shape index (κ1) is 10.8. The SMILES string of the molecule is Oc1ccc(Oc2ccc(Cl)cc2F)cc1. The van der Waals surface area contributed by atoms with Crippen molar-refractivity contribution in [2.45, 2.75) is 0 Å². The molecule has 0 aromatic heterocycles. The molecule has 0 saturated carbocycles. The fraction of sp³-hybridized carbons (Fsp3) is 0. The predicted molar refractivity (Wildman–Crippen MR) is 59.6 cm³/mol. The van der Waals surface area contributed by atoms with Crippen LogP contribution in [0.25, 0.3) is 0 Å². The number of hydrogen-bond donors (Lipinski definition) is 1. The van der Waals surface area contributed by atoms with Gasteiger partial charge in [0.15, 0.2) is 11.6 Å². The highest BCUT2D eigenvalue weighted by atomic mass is 35.5. The van der Waals surface area contributed by atoms with E-state index in [4.69, 9.17) is 21.4 Å². The van der Waals surface area contributed by atoms with Crippen molar-refractivity contribution in [2.24, 2.45) is 0 Å². The molecule has 82 valence electrons. The summed E-state index contributed by atoms with van der Waals surface area (Å²) in [5.41, 5.74) is 0. The smallest absolute Gasteiger partial charge is 0.167 e. The maximum Gasteiger partial charge on any atom is 0.167 e. The van der Waals surface area contributed by atoms with Crippen LogP contribution in [0.4, 0.5) is 4.39 Å². The molecule has 0 aliphatic carbocycles. The Labute approximate surface area is 96.9 Å². The molecule has 2 rings (SSSR count). The standard InChI is InChI=1S/C12H8ClFO2/c13-8-1-6-12(11(14)7-8)16-10-4-2-9(15)3-5-10/h1-7,15H. The lowest BCUT2D eigenvalue weighted by Gasteiger charge is -2.06. The van der Waals surface area contributed by atoms with Crippen LogP contribution in [0.5, 0.6) is 17.2 Å². The summed E-state index contributed by atoms with van der Waals surface area (Å²) >= 11 is 5.61. The van der Waals surface area contributed by atoms with E-state index in [9.17, 15) is 4.39 Å². The van der Waals surface area contributed by atoms with E-state index in [1.807, 2.05) is 0 Å². The van der Waals surface area contributed by atoms with Crippen LogP contribution in [-0.4, -0.2) is 5.11 Å². The molecule has 0 amide bonds. The summed E-state index contributed by atoms with van der Waals surface area (Å²) in [5, 5.41) is 9.38. The number of benzene rings is 2. The third kappa shape index (κ3) is 2.44. The lowest BCUT2D eigenvalue weighted by molar-refractivity contribution is 0.438. The van der Waals surface area contributed by atoms with E-state index in [0.717, 1.165) is 0 Å². The molecule has 0 fully saturated rings. The van der Waals surface area contributed by atoms with Crippen LogP contribution < -0.4 is 4.74 Å². The molecule has 1 N–H and O–H groups in total. The lowest BCUT2D eigenvalue weighted by Crippen LogP contribution is -1.87. The summed E-state index contributed by atoms with van der Waals surface area (Å²) in [4.78, 5) is 0. The van der Waals surface area contributed by atoms with Crippen LogP contribution in [-0.2, 0) is 0 Å². The van der Waals surface area contributed by atoms with Crippen molar-refractivity contribution in [1.29, 1.82) is 0 Å². The Balaban J connectivity index is 2.23. The summed E-state index contributed by atoms with van der Waals surface area (Å²) in [5.74, 6) is 0.138. The van der Waals surface area contributed by atoms with Crippen molar-refractivity contribution < 1.29 is 14.2 Å². The molecular weight excluding hydrogens is 231 g/mol. The summed E-state index contributed by atoms with van der Waals surface area (Å²) < 4.78 is 18.6. The van der Waals surface area contributed by atoms with Gasteiger partial charge in [0.05, 0.1) is 0 Å². The Morgan fingerprint density at radius 3 is 2.38 bits per heavy atom. The first-order valence-electron chi connectivity index (χ1n) is 4.57. The molecule has 0 radical (unpaired) electrons. The lowest BCUT2D eigenvalue weighted by atomic mass is 10.3. The highest BCUT2D eigenvalue weighted by Crippen LogP contribution is 2.27. The number of phenolic OH excluding ortho intramolecular Hbond substituents is 1. The molecule has 0 aliphatic rings. The fourth-order valence-corrected chi connectivity index (χ4v) is 1.36. The third-order valence-electron chi connectivity index (χ3n) is 1.96. The quantitative estimate of drug-likeness (QED) is 0.858. The second-order valence-corrected chi connectivity index (χ2v) is 3.61. The minimum Gasteiger partial charge on any atom is -0.508 e. The molecule has 16 heavy (non-hydrogen) atoms. The molecule has 2 aromatic rings. The monoisotopic (exact) mass is 238 g/mol. The highest BCUT2D eigenvalue weighted by Gasteiger charge is 2.05. The van der Waals surface area contributed by atoms with Gasteiger partial charge in [-0.05, 0) is 42.5 Å². The van der Waals surface area contributed by atoms with Gasteiger partial charge in [-0.3, -0.25) is 0 Å². The molecule has 0 aliphatic heterocycles. The zero-order chi connectivity index (χ0) is 11.5. The Morgan fingerprint density at radius 1 is 1.06 bits per heavy atom. The van der Waals surface area contributed by atoms with Crippen molar-refractivity contribution in [2.75, 3.05) is 0 Å². The van der Waals surface area contributed by atoms with E-state index in [2.05, 4.69) is 0 Å². The summed E-state index contributed by atoms with van der Waals surface area (Å²) in [6, 6.07) is 10.2. The fourth-order valence-electron chi connectivity index (χ4n) is 1.20. The van der Waals surface area contributed by atoms with Crippen LogP contribution in [0.1, 0.15) is 0 Å². The van der Waals surface area contributed by atoms with Gasteiger partial charge < -0.3 is 9.84 Å². The van der Waals surface area contributed by atoms with Gasteiger partial charge in [-0.25, -0.2) is 4.39 Å². The predicted octanol–water partition coefficient (Wildman–Crippen LogP) is 3.98. The second-order valence-electron chi connectivity index (χ2n) is 3.17. The number of hydrogen-bond acceptors (Lipinski definition) is 2. The average Bonchev–Trinajstić information content (AvgIpc) is 2.25. The first-order chi connectivity index (χ1) is 7.65. The molecule has 2 nitrogen and oxygen atoms in total. The molecule has 2 aromatic carbocycles.